The molecule has 31 heavy (non-hydrogen) atoms. The molecule has 1 aliphatic carbocycles. The Hall–Kier alpha value is -2.08. The van der Waals surface area contributed by atoms with Gasteiger partial charge in [-0.05, 0) is 83.7 Å². The molecule has 0 N–H and O–H groups in total. The highest BCUT2D eigenvalue weighted by Crippen LogP contribution is 2.52. The fraction of sp³-hybridized carbons (Fsp3) is 0.484. The Kier molecular flexibility index (Phi) is 8.35. The topological polar surface area (TPSA) is 0 Å². The van der Waals surface area contributed by atoms with E-state index in [0.717, 1.165) is 12.3 Å². The van der Waals surface area contributed by atoms with E-state index in [1.165, 1.54) is 66.5 Å². The van der Waals surface area contributed by atoms with Crippen molar-refractivity contribution in [2.75, 3.05) is 0 Å². The first-order valence-corrected chi connectivity index (χ1v) is 12.7. The van der Waals surface area contributed by atoms with Crippen LogP contribution in [0.15, 0.2) is 48.6 Å². The number of allylic oxidation sites excluding steroid dienone is 2. The summed E-state index contributed by atoms with van der Waals surface area (Å²) in [5, 5.41) is 2.67. The number of rotatable bonds is 10. The molecule has 0 nitrogen and oxygen atoms in total. The Balaban J connectivity index is 1.98. The molecule has 0 heteroatoms. The predicted octanol–water partition coefficient (Wildman–Crippen LogP) is 7.71. The third-order valence-electron chi connectivity index (χ3n) is 7.38. The molecule has 0 amide bonds. The minimum atomic E-state index is 0.420. The van der Waals surface area contributed by atoms with Crippen molar-refractivity contribution in [2.45, 2.75) is 91.4 Å². The second kappa shape index (κ2) is 11.0. The van der Waals surface area contributed by atoms with E-state index in [4.69, 9.17) is 0 Å². The summed E-state index contributed by atoms with van der Waals surface area (Å²) in [7, 11) is 0. The summed E-state index contributed by atoms with van der Waals surface area (Å²) < 4.78 is 0. The van der Waals surface area contributed by atoms with E-state index < -0.39 is 0 Å². The van der Waals surface area contributed by atoms with Gasteiger partial charge in [0.05, 0.1) is 0 Å². The molecule has 0 aliphatic heterocycles. The highest BCUT2D eigenvalue weighted by Gasteiger charge is 2.46. The lowest BCUT2D eigenvalue weighted by Crippen LogP contribution is -2.45. The summed E-state index contributed by atoms with van der Waals surface area (Å²) in [6.07, 6.45) is 19.0. The molecule has 0 spiro atoms. The van der Waals surface area contributed by atoms with Crippen LogP contribution in [-0.2, 0) is 11.8 Å². The van der Waals surface area contributed by atoms with Gasteiger partial charge in [-0.3, -0.25) is 0 Å². The van der Waals surface area contributed by atoms with E-state index in [2.05, 4.69) is 95.3 Å². The maximum absolute atomic E-state index is 2.47. The van der Waals surface area contributed by atoms with Crippen molar-refractivity contribution in [3.05, 3.63) is 70.1 Å². The third-order valence-corrected chi connectivity index (χ3v) is 7.38. The number of hydrogen-bond donors (Lipinski definition) is 0. The van der Waals surface area contributed by atoms with Gasteiger partial charge < -0.3 is 0 Å². The molecular weight excluding hydrogens is 372 g/mol. The van der Waals surface area contributed by atoms with Crippen LogP contribution >= 0.6 is 0 Å². The molecule has 3 rings (SSSR count). The van der Waals surface area contributed by atoms with Crippen molar-refractivity contribution in [1.82, 2.24) is 0 Å². The van der Waals surface area contributed by atoms with Crippen molar-refractivity contribution in [1.29, 1.82) is 0 Å². The van der Waals surface area contributed by atoms with Crippen LogP contribution < -0.4 is 10.4 Å². The molecule has 1 unspecified atom stereocenters. The smallest absolute Gasteiger partial charge is 0.00218 e. The van der Waals surface area contributed by atoms with Crippen LogP contribution in [0.3, 0.4) is 0 Å². The standard InChI is InChI=1S/C31H42/c1-6-11-15-24-17-18-26(21-25(24)16-12-7-2)27-19-20-30-28(22-27)23-31(30,10-5)29(13-8-3)14-9-4/h7,12,15-22,29H,6,8-11,13-14,23H2,1-5H3/b12-7-,24-15+,25-16-. The fourth-order valence-electron chi connectivity index (χ4n) is 5.68. The van der Waals surface area contributed by atoms with Crippen LogP contribution in [0.4, 0.5) is 0 Å². The summed E-state index contributed by atoms with van der Waals surface area (Å²) in [6.45, 7) is 11.4. The quantitative estimate of drug-likeness (QED) is 0.373. The Bertz CT molecular complexity index is 1000. The Morgan fingerprint density at radius 1 is 0.871 bits per heavy atom. The predicted molar refractivity (Wildman–Crippen MR) is 139 cm³/mol. The van der Waals surface area contributed by atoms with Crippen LogP contribution in [0, 0.1) is 5.92 Å². The third kappa shape index (κ3) is 4.89. The second-order valence-electron chi connectivity index (χ2n) is 9.36. The highest BCUT2D eigenvalue weighted by atomic mass is 14.5. The summed E-state index contributed by atoms with van der Waals surface area (Å²) in [5.74, 6) is 0.835. The summed E-state index contributed by atoms with van der Waals surface area (Å²) in [6, 6.07) is 14.3. The Labute approximate surface area is 190 Å². The van der Waals surface area contributed by atoms with Gasteiger partial charge in [0.15, 0.2) is 0 Å². The van der Waals surface area contributed by atoms with Gasteiger partial charge in [-0.15, -0.1) is 0 Å². The SMILES string of the molecule is C\C=C/C=c1/cc(-c2ccc3c(c2)CC3(CC)C(CCC)CCC)cc/c1=C\CCC. The summed E-state index contributed by atoms with van der Waals surface area (Å²) in [5.41, 5.74) is 6.34. The van der Waals surface area contributed by atoms with Gasteiger partial charge in [0.25, 0.3) is 0 Å². The van der Waals surface area contributed by atoms with E-state index in [1.807, 2.05) is 0 Å². The first kappa shape index (κ1) is 23.6. The van der Waals surface area contributed by atoms with Crippen molar-refractivity contribution in [2.24, 2.45) is 5.92 Å². The van der Waals surface area contributed by atoms with Crippen molar-refractivity contribution < 1.29 is 0 Å². The van der Waals surface area contributed by atoms with E-state index in [9.17, 15) is 0 Å². The average Bonchev–Trinajstić information content (AvgIpc) is 2.77. The first-order chi connectivity index (χ1) is 15.1. The van der Waals surface area contributed by atoms with Gasteiger partial charge in [0.2, 0.25) is 0 Å². The molecule has 1 atom stereocenters. The number of unbranched alkanes of at least 4 members (excludes halogenated alkanes) is 1. The lowest BCUT2D eigenvalue weighted by atomic mass is 9.54. The van der Waals surface area contributed by atoms with Crippen LogP contribution in [0.2, 0.25) is 0 Å². The zero-order valence-corrected chi connectivity index (χ0v) is 20.5. The molecule has 2 aromatic rings. The minimum absolute atomic E-state index is 0.420. The lowest BCUT2D eigenvalue weighted by molar-refractivity contribution is 0.192. The van der Waals surface area contributed by atoms with Crippen molar-refractivity contribution >= 4 is 12.2 Å². The molecule has 166 valence electrons. The van der Waals surface area contributed by atoms with E-state index in [0.29, 0.717) is 5.41 Å². The molecule has 0 fully saturated rings. The van der Waals surface area contributed by atoms with Gasteiger partial charge in [-0.25, -0.2) is 0 Å². The molecule has 0 saturated heterocycles. The van der Waals surface area contributed by atoms with Crippen LogP contribution in [-0.4, -0.2) is 0 Å². The summed E-state index contributed by atoms with van der Waals surface area (Å²) in [4.78, 5) is 0. The van der Waals surface area contributed by atoms with E-state index in [-0.39, 0.29) is 0 Å². The molecular formula is C31H42. The van der Waals surface area contributed by atoms with Gasteiger partial charge in [0.1, 0.15) is 0 Å². The molecule has 0 bridgehead atoms. The second-order valence-corrected chi connectivity index (χ2v) is 9.36. The largest absolute Gasteiger partial charge is 0.0876 e. The van der Waals surface area contributed by atoms with Crippen molar-refractivity contribution in [3.63, 3.8) is 0 Å². The van der Waals surface area contributed by atoms with Crippen LogP contribution in [0.25, 0.3) is 23.3 Å². The maximum Gasteiger partial charge on any atom is 0.00218 e. The van der Waals surface area contributed by atoms with Gasteiger partial charge >= 0.3 is 0 Å². The average molecular weight is 415 g/mol. The zero-order valence-electron chi connectivity index (χ0n) is 20.5. The van der Waals surface area contributed by atoms with Gasteiger partial charge in [0, 0.05) is 5.41 Å². The van der Waals surface area contributed by atoms with Gasteiger partial charge in [-0.2, -0.15) is 0 Å². The lowest BCUT2D eigenvalue weighted by Gasteiger charge is -2.50. The zero-order chi connectivity index (χ0) is 22.3. The van der Waals surface area contributed by atoms with Crippen molar-refractivity contribution in [3.8, 4) is 11.1 Å². The number of hydrogen-bond acceptors (Lipinski definition) is 0. The molecule has 0 saturated carbocycles. The maximum atomic E-state index is 2.47. The molecule has 1 aliphatic rings. The van der Waals surface area contributed by atoms with E-state index in [1.54, 1.807) is 11.1 Å². The molecule has 0 aromatic heterocycles. The highest BCUT2D eigenvalue weighted by molar-refractivity contribution is 5.68. The van der Waals surface area contributed by atoms with Crippen LogP contribution in [0.1, 0.15) is 90.7 Å². The molecule has 2 aromatic carbocycles. The van der Waals surface area contributed by atoms with E-state index >= 15 is 0 Å². The summed E-state index contributed by atoms with van der Waals surface area (Å²) >= 11 is 0. The Morgan fingerprint density at radius 2 is 1.58 bits per heavy atom. The number of fused-ring (bicyclic) bond motifs is 1. The fourth-order valence-corrected chi connectivity index (χ4v) is 5.68. The monoisotopic (exact) mass is 414 g/mol. The number of benzene rings is 2. The minimum Gasteiger partial charge on any atom is -0.0876 e. The molecule has 0 heterocycles. The first-order valence-electron chi connectivity index (χ1n) is 12.7. The molecule has 0 radical (unpaired) electrons. The van der Waals surface area contributed by atoms with Crippen LogP contribution in [0.5, 0.6) is 0 Å². The van der Waals surface area contributed by atoms with Gasteiger partial charge in [-0.1, -0.05) is 102 Å². The normalized spacial score (nSPS) is 19.3. The Morgan fingerprint density at radius 3 is 2.19 bits per heavy atom.